The quantitative estimate of drug-likeness (QED) is 0.471. The Balaban J connectivity index is 1.82. The first-order valence-electron chi connectivity index (χ1n) is 8.37. The Morgan fingerprint density at radius 2 is 1.88 bits per heavy atom. The van der Waals surface area contributed by atoms with Crippen molar-refractivity contribution in [1.82, 2.24) is 0 Å². The molecule has 0 aliphatic carbocycles. The van der Waals surface area contributed by atoms with Gasteiger partial charge in [-0.15, -0.1) is 0 Å². The van der Waals surface area contributed by atoms with E-state index in [4.69, 9.17) is 9.47 Å². The number of fused-ring (bicyclic) bond motifs is 1. The van der Waals surface area contributed by atoms with Crippen molar-refractivity contribution in [3.8, 4) is 11.5 Å². The number of carbonyl (C=O) groups excluding carboxylic acids is 2. The third kappa shape index (κ3) is 3.63. The van der Waals surface area contributed by atoms with Gasteiger partial charge in [-0.25, -0.2) is 0 Å². The topological polar surface area (TPSA) is 52.6 Å². The van der Waals surface area contributed by atoms with E-state index in [-0.39, 0.29) is 23.4 Å². The lowest BCUT2D eigenvalue weighted by Gasteiger charge is -2.07. The fraction of sp³-hybridized carbons (Fsp3) is 0.238. The Kier molecular flexibility index (Phi) is 4.70. The summed E-state index contributed by atoms with van der Waals surface area (Å²) in [6.45, 7) is 5.62. The first-order valence-corrected chi connectivity index (χ1v) is 8.37. The molecule has 0 atom stereocenters. The maximum Gasteiger partial charge on any atom is 0.313 e. The van der Waals surface area contributed by atoms with Gasteiger partial charge >= 0.3 is 5.97 Å². The molecule has 25 heavy (non-hydrogen) atoms. The summed E-state index contributed by atoms with van der Waals surface area (Å²) in [4.78, 5) is 24.2. The largest absolute Gasteiger partial charge is 0.452 e. The molecule has 3 rings (SSSR count). The van der Waals surface area contributed by atoms with Crippen LogP contribution in [0.2, 0.25) is 0 Å². The zero-order valence-electron chi connectivity index (χ0n) is 14.5. The SMILES string of the molecule is CCc1ccc(/C=C2/Oc3cc(OC(=O)C(C)C)ccc3C2=O)cc1. The number of ether oxygens (including phenoxy) is 2. The normalized spacial score (nSPS) is 14.6. The zero-order chi connectivity index (χ0) is 18.0. The molecule has 1 aliphatic rings. The van der Waals surface area contributed by atoms with Gasteiger partial charge in [-0.3, -0.25) is 9.59 Å². The summed E-state index contributed by atoms with van der Waals surface area (Å²) in [6.07, 6.45) is 2.69. The van der Waals surface area contributed by atoms with Crippen molar-refractivity contribution in [2.75, 3.05) is 0 Å². The summed E-state index contributed by atoms with van der Waals surface area (Å²) in [7, 11) is 0. The van der Waals surface area contributed by atoms with E-state index in [1.54, 1.807) is 38.1 Å². The number of carbonyl (C=O) groups is 2. The lowest BCUT2D eigenvalue weighted by molar-refractivity contribution is -0.137. The van der Waals surface area contributed by atoms with Gasteiger partial charge < -0.3 is 9.47 Å². The van der Waals surface area contributed by atoms with Crippen molar-refractivity contribution >= 4 is 17.8 Å². The summed E-state index contributed by atoms with van der Waals surface area (Å²) in [5.74, 6) is 0.338. The second-order valence-corrected chi connectivity index (χ2v) is 6.27. The number of hydrogen-bond donors (Lipinski definition) is 0. The minimum absolute atomic E-state index is 0.170. The second-order valence-electron chi connectivity index (χ2n) is 6.27. The van der Waals surface area contributed by atoms with Gasteiger partial charge in [0.25, 0.3) is 0 Å². The Bertz CT molecular complexity index is 845. The third-order valence-electron chi connectivity index (χ3n) is 4.02. The first-order chi connectivity index (χ1) is 12.0. The van der Waals surface area contributed by atoms with Crippen LogP contribution in [0.3, 0.4) is 0 Å². The Morgan fingerprint density at radius 1 is 1.16 bits per heavy atom. The summed E-state index contributed by atoms with van der Waals surface area (Å²) >= 11 is 0. The number of ketones is 1. The average molecular weight is 336 g/mol. The van der Waals surface area contributed by atoms with Gasteiger partial charge in [-0.1, -0.05) is 45.0 Å². The van der Waals surface area contributed by atoms with Crippen molar-refractivity contribution in [3.63, 3.8) is 0 Å². The van der Waals surface area contributed by atoms with E-state index >= 15 is 0 Å². The molecule has 0 aromatic heterocycles. The van der Waals surface area contributed by atoms with Crippen LogP contribution in [0.5, 0.6) is 11.5 Å². The molecule has 4 heteroatoms. The van der Waals surface area contributed by atoms with Crippen LogP contribution in [0.25, 0.3) is 6.08 Å². The van der Waals surface area contributed by atoms with Crippen LogP contribution in [0.15, 0.2) is 48.2 Å². The molecule has 4 nitrogen and oxygen atoms in total. The van der Waals surface area contributed by atoms with Gasteiger partial charge in [-0.2, -0.15) is 0 Å². The molecule has 0 bridgehead atoms. The predicted molar refractivity (Wildman–Crippen MR) is 95.7 cm³/mol. The van der Waals surface area contributed by atoms with Crippen molar-refractivity contribution in [2.24, 2.45) is 5.92 Å². The van der Waals surface area contributed by atoms with Gasteiger partial charge in [0.1, 0.15) is 11.5 Å². The van der Waals surface area contributed by atoms with E-state index in [1.165, 1.54) is 5.56 Å². The molecular formula is C21H20O4. The lowest BCUT2D eigenvalue weighted by atomic mass is 10.1. The molecule has 0 unspecified atom stereocenters. The van der Waals surface area contributed by atoms with E-state index in [1.807, 2.05) is 24.3 Å². The fourth-order valence-corrected chi connectivity index (χ4v) is 2.47. The number of aryl methyl sites for hydroxylation is 1. The maximum atomic E-state index is 12.5. The molecule has 0 saturated carbocycles. The van der Waals surface area contributed by atoms with Crippen LogP contribution in [-0.4, -0.2) is 11.8 Å². The smallest absolute Gasteiger partial charge is 0.313 e. The second kappa shape index (κ2) is 6.93. The lowest BCUT2D eigenvalue weighted by Crippen LogP contribution is -2.14. The first kappa shape index (κ1) is 17.0. The molecule has 0 spiro atoms. The standard InChI is InChI=1S/C21H20O4/c1-4-14-5-7-15(8-6-14)11-19-20(22)17-10-9-16(12-18(17)25-19)24-21(23)13(2)3/h5-13H,4H2,1-3H3/b19-11+. The molecule has 0 radical (unpaired) electrons. The molecule has 0 saturated heterocycles. The number of Topliss-reactive ketones (excluding diaryl/α,β-unsaturated/α-hetero) is 1. The van der Waals surface area contributed by atoms with Gasteiger partial charge in [0.2, 0.25) is 5.78 Å². The van der Waals surface area contributed by atoms with E-state index in [0.29, 0.717) is 17.1 Å². The highest BCUT2D eigenvalue weighted by atomic mass is 16.5. The van der Waals surface area contributed by atoms with Crippen LogP contribution in [0.4, 0.5) is 0 Å². The van der Waals surface area contributed by atoms with E-state index < -0.39 is 0 Å². The molecular weight excluding hydrogens is 316 g/mol. The highest BCUT2D eigenvalue weighted by molar-refractivity contribution is 6.14. The predicted octanol–water partition coefficient (Wildman–Crippen LogP) is 4.43. The molecule has 2 aromatic carbocycles. The van der Waals surface area contributed by atoms with Crippen LogP contribution < -0.4 is 9.47 Å². The van der Waals surface area contributed by atoms with Crippen LogP contribution in [-0.2, 0) is 11.2 Å². The number of esters is 1. The van der Waals surface area contributed by atoms with Gasteiger partial charge in [-0.05, 0) is 35.8 Å². The minimum Gasteiger partial charge on any atom is -0.452 e. The molecule has 2 aromatic rings. The fourth-order valence-electron chi connectivity index (χ4n) is 2.47. The molecule has 0 fully saturated rings. The molecule has 128 valence electrons. The van der Waals surface area contributed by atoms with E-state index in [0.717, 1.165) is 12.0 Å². The monoisotopic (exact) mass is 336 g/mol. The van der Waals surface area contributed by atoms with Gasteiger partial charge in [0.05, 0.1) is 11.5 Å². The summed E-state index contributed by atoms with van der Waals surface area (Å²) in [6, 6.07) is 12.8. The summed E-state index contributed by atoms with van der Waals surface area (Å²) < 4.78 is 10.9. The highest BCUT2D eigenvalue weighted by Gasteiger charge is 2.28. The number of hydrogen-bond acceptors (Lipinski definition) is 4. The van der Waals surface area contributed by atoms with Crippen molar-refractivity contribution in [2.45, 2.75) is 27.2 Å². The van der Waals surface area contributed by atoms with Crippen LogP contribution in [0, 0.1) is 5.92 Å². The van der Waals surface area contributed by atoms with Crippen molar-refractivity contribution < 1.29 is 19.1 Å². The van der Waals surface area contributed by atoms with Gasteiger partial charge in [0, 0.05) is 6.07 Å². The minimum atomic E-state index is -0.323. The Morgan fingerprint density at radius 3 is 2.52 bits per heavy atom. The third-order valence-corrected chi connectivity index (χ3v) is 4.02. The Hall–Kier alpha value is -2.88. The van der Waals surface area contributed by atoms with E-state index in [9.17, 15) is 9.59 Å². The number of rotatable bonds is 4. The summed E-state index contributed by atoms with van der Waals surface area (Å²) in [5.41, 5.74) is 2.61. The zero-order valence-corrected chi connectivity index (χ0v) is 14.5. The van der Waals surface area contributed by atoms with Crippen molar-refractivity contribution in [3.05, 3.63) is 64.9 Å². The molecule has 1 aliphatic heterocycles. The molecule has 0 amide bonds. The van der Waals surface area contributed by atoms with Crippen LogP contribution >= 0.6 is 0 Å². The number of allylic oxidation sites excluding steroid dienone is 1. The van der Waals surface area contributed by atoms with E-state index in [2.05, 4.69) is 6.92 Å². The van der Waals surface area contributed by atoms with Gasteiger partial charge in [0.15, 0.2) is 5.76 Å². The summed E-state index contributed by atoms with van der Waals surface area (Å²) in [5, 5.41) is 0. The molecule has 0 N–H and O–H groups in total. The number of benzene rings is 2. The van der Waals surface area contributed by atoms with Crippen molar-refractivity contribution in [1.29, 1.82) is 0 Å². The average Bonchev–Trinajstić information content (AvgIpc) is 2.91. The Labute approximate surface area is 147 Å². The van der Waals surface area contributed by atoms with Crippen LogP contribution in [0.1, 0.15) is 42.3 Å². The molecule has 1 heterocycles. The highest BCUT2D eigenvalue weighted by Crippen LogP contribution is 2.35. The maximum absolute atomic E-state index is 12.5.